The van der Waals surface area contributed by atoms with Crippen molar-refractivity contribution >= 4 is 11.6 Å². The molecule has 0 amide bonds. The van der Waals surface area contributed by atoms with Crippen LogP contribution in [-0.4, -0.2) is 22.9 Å². The SMILES string of the molecule is COC1=CC(C)C2=c3cnn(C[C@@H](C)N)c3=CC2=C1. The lowest BCUT2D eigenvalue weighted by atomic mass is 9.90. The highest BCUT2D eigenvalue weighted by atomic mass is 16.5. The number of methoxy groups -OCH3 is 1. The molecule has 4 nitrogen and oxygen atoms in total. The minimum absolute atomic E-state index is 0.101. The number of ether oxygens (including phenoxy) is 1. The molecule has 1 heterocycles. The van der Waals surface area contributed by atoms with Crippen molar-refractivity contribution in [1.29, 1.82) is 0 Å². The van der Waals surface area contributed by atoms with Crippen LogP contribution in [0.3, 0.4) is 0 Å². The maximum atomic E-state index is 5.87. The lowest BCUT2D eigenvalue weighted by Crippen LogP contribution is -2.33. The number of fused-ring (bicyclic) bond motifs is 2. The molecule has 1 unspecified atom stereocenters. The second kappa shape index (κ2) is 4.38. The molecule has 19 heavy (non-hydrogen) atoms. The van der Waals surface area contributed by atoms with E-state index in [1.54, 1.807) is 7.11 Å². The van der Waals surface area contributed by atoms with Gasteiger partial charge in [0.15, 0.2) is 0 Å². The van der Waals surface area contributed by atoms with Crippen molar-refractivity contribution < 1.29 is 4.74 Å². The quantitative estimate of drug-likeness (QED) is 0.846. The fourth-order valence-electron chi connectivity index (χ4n) is 2.84. The molecule has 0 bridgehead atoms. The van der Waals surface area contributed by atoms with Gasteiger partial charge in [0, 0.05) is 17.2 Å². The first-order chi connectivity index (χ1) is 9.10. The first-order valence-corrected chi connectivity index (χ1v) is 6.61. The molecule has 0 spiro atoms. The van der Waals surface area contributed by atoms with E-state index < -0.39 is 0 Å². The van der Waals surface area contributed by atoms with E-state index in [9.17, 15) is 0 Å². The minimum Gasteiger partial charge on any atom is -0.497 e. The Morgan fingerprint density at radius 1 is 1.47 bits per heavy atom. The zero-order chi connectivity index (χ0) is 13.6. The first kappa shape index (κ1) is 12.2. The van der Waals surface area contributed by atoms with E-state index in [1.807, 2.05) is 17.8 Å². The summed E-state index contributed by atoms with van der Waals surface area (Å²) in [6.07, 6.45) is 8.37. The second-order valence-electron chi connectivity index (χ2n) is 5.32. The van der Waals surface area contributed by atoms with Crippen LogP contribution in [0.25, 0.3) is 11.6 Å². The van der Waals surface area contributed by atoms with E-state index in [2.05, 4.69) is 30.3 Å². The van der Waals surface area contributed by atoms with Gasteiger partial charge in [-0.3, -0.25) is 4.68 Å². The van der Waals surface area contributed by atoms with Crippen LogP contribution in [0, 0.1) is 5.92 Å². The van der Waals surface area contributed by atoms with Gasteiger partial charge < -0.3 is 10.5 Å². The lowest BCUT2D eigenvalue weighted by Gasteiger charge is -2.17. The third kappa shape index (κ3) is 1.92. The van der Waals surface area contributed by atoms with Crippen LogP contribution >= 0.6 is 0 Å². The smallest absolute Gasteiger partial charge is 0.116 e. The monoisotopic (exact) mass is 257 g/mol. The Labute approximate surface area is 112 Å². The van der Waals surface area contributed by atoms with E-state index in [1.165, 1.54) is 16.4 Å². The summed E-state index contributed by atoms with van der Waals surface area (Å²) in [6, 6.07) is 0.101. The van der Waals surface area contributed by atoms with Crippen LogP contribution in [0.1, 0.15) is 13.8 Å². The van der Waals surface area contributed by atoms with Crippen LogP contribution in [0.5, 0.6) is 0 Å². The minimum atomic E-state index is 0.101. The number of rotatable bonds is 3. The molecule has 100 valence electrons. The largest absolute Gasteiger partial charge is 0.497 e. The average molecular weight is 257 g/mol. The van der Waals surface area contributed by atoms with Crippen LogP contribution in [-0.2, 0) is 11.3 Å². The summed E-state index contributed by atoms with van der Waals surface area (Å²) in [5, 5.41) is 6.84. The molecule has 2 N–H and O–H groups in total. The normalized spacial score (nSPS) is 22.1. The van der Waals surface area contributed by atoms with Gasteiger partial charge in [-0.2, -0.15) is 5.10 Å². The molecule has 0 saturated carbocycles. The highest BCUT2D eigenvalue weighted by Crippen LogP contribution is 2.31. The van der Waals surface area contributed by atoms with Gasteiger partial charge in [-0.25, -0.2) is 0 Å². The molecule has 0 aromatic carbocycles. The summed E-state index contributed by atoms with van der Waals surface area (Å²) in [5.41, 5.74) is 8.44. The van der Waals surface area contributed by atoms with Gasteiger partial charge in [-0.15, -0.1) is 0 Å². The second-order valence-corrected chi connectivity index (χ2v) is 5.32. The van der Waals surface area contributed by atoms with Crippen LogP contribution < -0.4 is 16.3 Å². The van der Waals surface area contributed by atoms with E-state index >= 15 is 0 Å². The van der Waals surface area contributed by atoms with Crippen molar-refractivity contribution in [3.8, 4) is 0 Å². The Bertz CT molecular complexity index is 691. The molecule has 2 aliphatic rings. The molecule has 0 fully saturated rings. The van der Waals surface area contributed by atoms with Gasteiger partial charge >= 0.3 is 0 Å². The number of hydrogen-bond donors (Lipinski definition) is 1. The van der Waals surface area contributed by atoms with E-state index in [0.717, 1.165) is 17.7 Å². The molecular formula is C15H19N3O. The van der Waals surface area contributed by atoms with Crippen molar-refractivity contribution in [2.24, 2.45) is 11.7 Å². The fourth-order valence-corrected chi connectivity index (χ4v) is 2.84. The number of aromatic nitrogens is 2. The third-order valence-corrected chi connectivity index (χ3v) is 3.64. The maximum Gasteiger partial charge on any atom is 0.116 e. The Morgan fingerprint density at radius 3 is 2.95 bits per heavy atom. The maximum absolute atomic E-state index is 5.87. The van der Waals surface area contributed by atoms with E-state index in [-0.39, 0.29) is 6.04 Å². The van der Waals surface area contributed by atoms with Gasteiger partial charge in [0.25, 0.3) is 0 Å². The first-order valence-electron chi connectivity index (χ1n) is 6.61. The Morgan fingerprint density at radius 2 is 2.26 bits per heavy atom. The number of hydrogen-bond acceptors (Lipinski definition) is 3. The zero-order valence-electron chi connectivity index (χ0n) is 11.6. The molecule has 4 heteroatoms. The van der Waals surface area contributed by atoms with Gasteiger partial charge in [0.05, 0.1) is 25.2 Å². The lowest BCUT2D eigenvalue weighted by molar-refractivity contribution is 0.303. The van der Waals surface area contributed by atoms with Crippen molar-refractivity contribution in [2.75, 3.05) is 7.11 Å². The van der Waals surface area contributed by atoms with Crippen LogP contribution in [0.4, 0.5) is 0 Å². The summed E-state index contributed by atoms with van der Waals surface area (Å²) in [7, 11) is 1.71. The molecule has 1 aromatic rings. The highest BCUT2D eigenvalue weighted by molar-refractivity contribution is 5.85. The molecule has 0 saturated heterocycles. The number of nitrogens with two attached hydrogens (primary N) is 1. The molecule has 0 aliphatic heterocycles. The zero-order valence-corrected chi connectivity index (χ0v) is 11.6. The molecular weight excluding hydrogens is 238 g/mol. The Balaban J connectivity index is 2.14. The summed E-state index contributed by atoms with van der Waals surface area (Å²) >= 11 is 0. The summed E-state index contributed by atoms with van der Waals surface area (Å²) in [4.78, 5) is 0. The summed E-state index contributed by atoms with van der Waals surface area (Å²) in [5.74, 6) is 1.28. The van der Waals surface area contributed by atoms with Crippen molar-refractivity contribution in [3.05, 3.63) is 40.2 Å². The van der Waals surface area contributed by atoms with Crippen molar-refractivity contribution in [2.45, 2.75) is 26.4 Å². The highest BCUT2D eigenvalue weighted by Gasteiger charge is 2.23. The standard InChI is InChI=1S/C15H19N3O/c1-9-4-12(19-3)5-11-6-14-13(15(9)11)7-17-18(14)8-10(2)16/h4-7,9-10H,8,16H2,1-3H3/t9?,10-/m1/s1. The van der Waals surface area contributed by atoms with Gasteiger partial charge in [0.2, 0.25) is 0 Å². The van der Waals surface area contributed by atoms with Gasteiger partial charge in [0.1, 0.15) is 5.76 Å². The predicted octanol–water partition coefficient (Wildman–Crippen LogP) is 0.282. The third-order valence-electron chi connectivity index (χ3n) is 3.64. The van der Waals surface area contributed by atoms with Crippen molar-refractivity contribution in [3.63, 3.8) is 0 Å². The number of allylic oxidation sites excluding steroid dienone is 3. The van der Waals surface area contributed by atoms with Crippen molar-refractivity contribution in [1.82, 2.24) is 9.78 Å². The number of nitrogens with zero attached hydrogens (tertiary/aromatic N) is 2. The van der Waals surface area contributed by atoms with Crippen LogP contribution in [0.2, 0.25) is 0 Å². The van der Waals surface area contributed by atoms with E-state index in [4.69, 9.17) is 10.5 Å². The Kier molecular flexibility index (Phi) is 2.82. The average Bonchev–Trinajstić information content (AvgIpc) is 2.88. The van der Waals surface area contributed by atoms with E-state index in [0.29, 0.717) is 5.92 Å². The van der Waals surface area contributed by atoms with Gasteiger partial charge in [-0.1, -0.05) is 6.92 Å². The molecule has 0 radical (unpaired) electrons. The predicted molar refractivity (Wildman–Crippen MR) is 75.3 cm³/mol. The molecule has 2 aliphatic carbocycles. The van der Waals surface area contributed by atoms with Crippen LogP contribution in [0.15, 0.2) is 29.7 Å². The molecule has 1 aromatic heterocycles. The van der Waals surface area contributed by atoms with Gasteiger partial charge in [-0.05, 0) is 36.3 Å². The summed E-state index contributed by atoms with van der Waals surface area (Å²) < 4.78 is 7.34. The fraction of sp³-hybridized carbons (Fsp3) is 0.400. The molecule has 3 rings (SSSR count). The summed E-state index contributed by atoms with van der Waals surface area (Å²) in [6.45, 7) is 4.92. The topological polar surface area (TPSA) is 53.1 Å². The molecule has 2 atom stereocenters. The Hall–Kier alpha value is -1.81.